The molecule has 0 saturated carbocycles. The van der Waals surface area contributed by atoms with Crippen LogP contribution in [-0.4, -0.2) is 34.1 Å². The predicted octanol–water partition coefficient (Wildman–Crippen LogP) is 1.40. The van der Waals surface area contributed by atoms with Gasteiger partial charge >= 0.3 is 0 Å². The third-order valence-electron chi connectivity index (χ3n) is 2.92. The van der Waals surface area contributed by atoms with E-state index < -0.39 is 0 Å². The van der Waals surface area contributed by atoms with Gasteiger partial charge in [0.05, 0.1) is 6.10 Å². The Hall–Kier alpha value is -0.570. The average Bonchev–Trinajstić information content (AvgIpc) is 2.01. The monoisotopic (exact) mass is 199 g/mol. The molecule has 0 spiro atoms. The SMILES string of the molecule is CC(C)C(=O)N1[C@@H](C)CC(O)C[C@@H]1C. The van der Waals surface area contributed by atoms with Crippen molar-refractivity contribution in [2.24, 2.45) is 5.92 Å². The highest BCUT2D eigenvalue weighted by atomic mass is 16.3. The number of hydrogen-bond donors (Lipinski definition) is 1. The summed E-state index contributed by atoms with van der Waals surface area (Å²) in [6.45, 7) is 7.87. The number of aliphatic hydroxyl groups is 1. The number of carbonyl (C=O) groups excluding carboxylic acids is 1. The number of piperidine rings is 1. The number of carbonyl (C=O) groups is 1. The molecule has 1 amide bonds. The number of nitrogens with zero attached hydrogens (tertiary/aromatic N) is 1. The van der Waals surface area contributed by atoms with E-state index in [1.54, 1.807) is 0 Å². The van der Waals surface area contributed by atoms with Crippen molar-refractivity contribution >= 4 is 5.91 Å². The molecule has 82 valence electrons. The Kier molecular flexibility index (Phi) is 3.53. The summed E-state index contributed by atoms with van der Waals surface area (Å²) in [6.07, 6.45) is 1.18. The van der Waals surface area contributed by atoms with Crippen LogP contribution < -0.4 is 0 Å². The third-order valence-corrected chi connectivity index (χ3v) is 2.92. The Morgan fingerprint density at radius 2 is 1.71 bits per heavy atom. The summed E-state index contributed by atoms with van der Waals surface area (Å²) in [5.74, 6) is 0.257. The number of aliphatic hydroxyl groups excluding tert-OH is 1. The summed E-state index contributed by atoms with van der Waals surface area (Å²) in [7, 11) is 0. The molecular weight excluding hydrogens is 178 g/mol. The summed E-state index contributed by atoms with van der Waals surface area (Å²) < 4.78 is 0. The normalized spacial score (nSPS) is 33.6. The molecule has 3 nitrogen and oxygen atoms in total. The molecule has 2 atom stereocenters. The van der Waals surface area contributed by atoms with E-state index in [0.717, 1.165) is 0 Å². The van der Waals surface area contributed by atoms with Gasteiger partial charge < -0.3 is 10.0 Å². The minimum atomic E-state index is -0.240. The minimum absolute atomic E-state index is 0.0511. The van der Waals surface area contributed by atoms with Crippen molar-refractivity contribution in [3.63, 3.8) is 0 Å². The van der Waals surface area contributed by atoms with Gasteiger partial charge in [0, 0.05) is 18.0 Å². The molecule has 0 radical (unpaired) electrons. The lowest BCUT2D eigenvalue weighted by molar-refractivity contribution is -0.142. The maximum atomic E-state index is 11.9. The zero-order valence-corrected chi connectivity index (χ0v) is 9.53. The standard InChI is InChI=1S/C11H21NO2/c1-7(2)11(14)12-8(3)5-10(13)6-9(12)4/h7-10,13H,5-6H2,1-4H3/t8-,9-/m0/s1. The first kappa shape index (κ1) is 11.5. The molecule has 1 saturated heterocycles. The summed E-state index contributed by atoms with van der Waals surface area (Å²) in [6, 6.07) is 0.340. The van der Waals surface area contributed by atoms with E-state index in [0.29, 0.717) is 12.8 Å². The fourth-order valence-corrected chi connectivity index (χ4v) is 2.28. The van der Waals surface area contributed by atoms with Crippen molar-refractivity contribution in [2.45, 2.75) is 58.7 Å². The van der Waals surface area contributed by atoms with Crippen molar-refractivity contribution in [2.75, 3.05) is 0 Å². The smallest absolute Gasteiger partial charge is 0.225 e. The van der Waals surface area contributed by atoms with Gasteiger partial charge in [-0.05, 0) is 26.7 Å². The van der Waals surface area contributed by atoms with Crippen molar-refractivity contribution < 1.29 is 9.90 Å². The average molecular weight is 199 g/mol. The lowest BCUT2D eigenvalue weighted by atomic mass is 9.93. The van der Waals surface area contributed by atoms with Gasteiger partial charge in [-0.2, -0.15) is 0 Å². The molecule has 1 N–H and O–H groups in total. The number of hydrogen-bond acceptors (Lipinski definition) is 2. The van der Waals surface area contributed by atoms with Crippen molar-refractivity contribution in [1.82, 2.24) is 4.90 Å². The van der Waals surface area contributed by atoms with Gasteiger partial charge in [0.25, 0.3) is 0 Å². The molecule has 3 heteroatoms. The highest BCUT2D eigenvalue weighted by Crippen LogP contribution is 2.24. The number of amides is 1. The molecule has 0 aromatic rings. The molecule has 1 aliphatic rings. The van der Waals surface area contributed by atoms with Crippen LogP contribution in [0, 0.1) is 5.92 Å². The van der Waals surface area contributed by atoms with Crippen LogP contribution in [-0.2, 0) is 4.79 Å². The molecule has 0 aromatic carbocycles. The topological polar surface area (TPSA) is 40.5 Å². The van der Waals surface area contributed by atoms with Crippen molar-refractivity contribution in [3.8, 4) is 0 Å². The summed E-state index contributed by atoms with van der Waals surface area (Å²) in [4.78, 5) is 13.8. The van der Waals surface area contributed by atoms with Crippen LogP contribution in [0.1, 0.15) is 40.5 Å². The zero-order valence-electron chi connectivity index (χ0n) is 9.53. The van der Waals surface area contributed by atoms with Gasteiger partial charge in [0.1, 0.15) is 0 Å². The van der Waals surface area contributed by atoms with Gasteiger partial charge in [-0.25, -0.2) is 0 Å². The molecule has 0 aromatic heterocycles. The van der Waals surface area contributed by atoms with Gasteiger partial charge in [-0.1, -0.05) is 13.8 Å². The minimum Gasteiger partial charge on any atom is -0.393 e. The predicted molar refractivity (Wildman–Crippen MR) is 55.8 cm³/mol. The Labute approximate surface area is 86.1 Å². The second-order valence-corrected chi connectivity index (χ2v) is 4.72. The van der Waals surface area contributed by atoms with Crippen LogP contribution in [0.2, 0.25) is 0 Å². The lowest BCUT2D eigenvalue weighted by Crippen LogP contribution is -2.52. The van der Waals surface area contributed by atoms with Gasteiger partial charge in [0.15, 0.2) is 0 Å². The molecule has 0 bridgehead atoms. The Morgan fingerprint density at radius 3 is 2.07 bits per heavy atom. The van der Waals surface area contributed by atoms with E-state index in [2.05, 4.69) is 0 Å². The van der Waals surface area contributed by atoms with Gasteiger partial charge in [0.2, 0.25) is 5.91 Å². The van der Waals surface area contributed by atoms with E-state index in [-0.39, 0.29) is 30.0 Å². The van der Waals surface area contributed by atoms with E-state index in [4.69, 9.17) is 0 Å². The van der Waals surface area contributed by atoms with Crippen LogP contribution in [0.25, 0.3) is 0 Å². The van der Waals surface area contributed by atoms with E-state index in [9.17, 15) is 9.90 Å². The zero-order chi connectivity index (χ0) is 10.9. The molecule has 1 aliphatic heterocycles. The van der Waals surface area contributed by atoms with E-state index in [1.165, 1.54) is 0 Å². The van der Waals surface area contributed by atoms with Crippen LogP contribution >= 0.6 is 0 Å². The number of rotatable bonds is 1. The first-order valence-electron chi connectivity index (χ1n) is 5.43. The maximum Gasteiger partial charge on any atom is 0.225 e. The first-order valence-corrected chi connectivity index (χ1v) is 5.43. The van der Waals surface area contributed by atoms with E-state index in [1.807, 2.05) is 32.6 Å². The Morgan fingerprint density at radius 1 is 1.29 bits per heavy atom. The largest absolute Gasteiger partial charge is 0.393 e. The van der Waals surface area contributed by atoms with Crippen molar-refractivity contribution in [3.05, 3.63) is 0 Å². The molecule has 0 aliphatic carbocycles. The van der Waals surface area contributed by atoms with Crippen LogP contribution in [0.5, 0.6) is 0 Å². The molecular formula is C11H21NO2. The quantitative estimate of drug-likeness (QED) is 0.693. The lowest BCUT2D eigenvalue weighted by Gasteiger charge is -2.42. The summed E-state index contributed by atoms with van der Waals surface area (Å²) >= 11 is 0. The fraction of sp³-hybridized carbons (Fsp3) is 0.909. The highest BCUT2D eigenvalue weighted by molar-refractivity contribution is 5.78. The van der Waals surface area contributed by atoms with Gasteiger partial charge in [-0.3, -0.25) is 4.79 Å². The first-order chi connectivity index (χ1) is 6.43. The Balaban J connectivity index is 2.72. The molecule has 1 fully saturated rings. The van der Waals surface area contributed by atoms with Crippen LogP contribution in [0.4, 0.5) is 0 Å². The maximum absolute atomic E-state index is 11.9. The van der Waals surface area contributed by atoms with Gasteiger partial charge in [-0.15, -0.1) is 0 Å². The molecule has 14 heavy (non-hydrogen) atoms. The molecule has 1 heterocycles. The van der Waals surface area contributed by atoms with Crippen LogP contribution in [0.15, 0.2) is 0 Å². The third kappa shape index (κ3) is 2.27. The summed E-state index contributed by atoms with van der Waals surface area (Å²) in [5, 5.41) is 9.55. The fourth-order valence-electron chi connectivity index (χ4n) is 2.28. The molecule has 1 rings (SSSR count). The van der Waals surface area contributed by atoms with Crippen LogP contribution in [0.3, 0.4) is 0 Å². The van der Waals surface area contributed by atoms with Crippen molar-refractivity contribution in [1.29, 1.82) is 0 Å². The Bertz CT molecular complexity index is 203. The number of likely N-dealkylation sites (tertiary alicyclic amines) is 1. The van der Waals surface area contributed by atoms with E-state index >= 15 is 0 Å². The summed E-state index contributed by atoms with van der Waals surface area (Å²) in [5.41, 5.74) is 0. The highest BCUT2D eigenvalue weighted by Gasteiger charge is 2.33. The molecule has 0 unspecified atom stereocenters. The second kappa shape index (κ2) is 4.30. The second-order valence-electron chi connectivity index (χ2n) is 4.72.